The van der Waals surface area contributed by atoms with E-state index in [2.05, 4.69) is 4.98 Å². The molecule has 4 rings (SSSR count). The summed E-state index contributed by atoms with van der Waals surface area (Å²) >= 11 is 0. The largest absolute Gasteiger partial charge is 0.444 e. The van der Waals surface area contributed by atoms with Crippen LogP contribution in [0.4, 0.5) is 9.59 Å². The summed E-state index contributed by atoms with van der Waals surface area (Å²) in [5, 5.41) is 0. The van der Waals surface area contributed by atoms with Gasteiger partial charge >= 0.3 is 17.9 Å². The van der Waals surface area contributed by atoms with Gasteiger partial charge in [0.2, 0.25) is 0 Å². The summed E-state index contributed by atoms with van der Waals surface area (Å²) in [6, 6.07) is 3.72. The van der Waals surface area contributed by atoms with Gasteiger partial charge in [-0.15, -0.1) is 0 Å². The van der Waals surface area contributed by atoms with Crippen LogP contribution in [0.5, 0.6) is 0 Å². The van der Waals surface area contributed by atoms with Gasteiger partial charge in [0.15, 0.2) is 5.65 Å². The van der Waals surface area contributed by atoms with Gasteiger partial charge in [0.05, 0.1) is 5.52 Å². The average Bonchev–Trinajstić information content (AvgIpc) is 3.08. The molecule has 0 N–H and O–H groups in total. The van der Waals surface area contributed by atoms with Crippen molar-refractivity contribution in [1.29, 1.82) is 0 Å². The Bertz CT molecular complexity index is 1070. The third-order valence-electron chi connectivity index (χ3n) is 6.63. The van der Waals surface area contributed by atoms with E-state index in [-0.39, 0.29) is 30.0 Å². The number of carbonyl (C=O) groups excluding carboxylic acids is 2. The molecule has 0 spiro atoms. The highest BCUT2D eigenvalue weighted by atomic mass is 16.6. The minimum atomic E-state index is -0.540. The van der Waals surface area contributed by atoms with Crippen molar-refractivity contribution < 1.29 is 19.1 Å². The lowest BCUT2D eigenvalue weighted by Gasteiger charge is -2.34. The quantitative estimate of drug-likeness (QED) is 0.607. The number of piperidine rings is 2. The van der Waals surface area contributed by atoms with Gasteiger partial charge < -0.3 is 19.3 Å². The monoisotopic (exact) mass is 501 g/mol. The fourth-order valence-electron chi connectivity index (χ4n) is 5.02. The van der Waals surface area contributed by atoms with E-state index in [1.165, 1.54) is 0 Å². The first kappa shape index (κ1) is 26.0. The zero-order valence-electron chi connectivity index (χ0n) is 22.3. The number of ether oxygens (including phenoxy) is 2. The highest BCUT2D eigenvalue weighted by Gasteiger charge is 2.33. The molecule has 0 bridgehead atoms. The third kappa shape index (κ3) is 5.68. The maximum absolute atomic E-state index is 13.8. The smallest absolute Gasteiger partial charge is 0.410 e. The Morgan fingerprint density at radius 3 is 1.69 bits per heavy atom. The Morgan fingerprint density at radius 1 is 0.806 bits per heavy atom. The Balaban J connectivity index is 1.50. The first-order valence-corrected chi connectivity index (χ1v) is 12.9. The predicted octanol–water partition coefficient (Wildman–Crippen LogP) is 4.34. The lowest BCUT2D eigenvalue weighted by Crippen LogP contribution is -2.44. The highest BCUT2D eigenvalue weighted by Crippen LogP contribution is 2.30. The van der Waals surface area contributed by atoms with Gasteiger partial charge in [-0.1, -0.05) is 0 Å². The molecular weight excluding hydrogens is 462 g/mol. The van der Waals surface area contributed by atoms with Crippen molar-refractivity contribution in [2.45, 2.75) is 90.5 Å². The van der Waals surface area contributed by atoms with E-state index in [0.717, 1.165) is 5.52 Å². The molecule has 0 aliphatic carbocycles. The highest BCUT2D eigenvalue weighted by molar-refractivity contribution is 5.72. The fourth-order valence-corrected chi connectivity index (χ4v) is 5.02. The predicted molar refractivity (Wildman–Crippen MR) is 136 cm³/mol. The van der Waals surface area contributed by atoms with Crippen molar-refractivity contribution in [3.05, 3.63) is 28.8 Å². The molecule has 10 nitrogen and oxygen atoms in total. The van der Waals surface area contributed by atoms with Gasteiger partial charge in [0.1, 0.15) is 11.2 Å². The number of fused-ring (bicyclic) bond motifs is 1. The van der Waals surface area contributed by atoms with Gasteiger partial charge in [-0.25, -0.2) is 19.4 Å². The fraction of sp³-hybridized carbons (Fsp3) is 0.692. The van der Waals surface area contributed by atoms with Gasteiger partial charge in [0, 0.05) is 44.5 Å². The van der Waals surface area contributed by atoms with Gasteiger partial charge in [-0.3, -0.25) is 9.13 Å². The Hall–Kier alpha value is -3.04. The second-order valence-electron chi connectivity index (χ2n) is 11.8. The maximum Gasteiger partial charge on any atom is 0.410 e. The van der Waals surface area contributed by atoms with Gasteiger partial charge in [-0.05, 0) is 79.4 Å². The number of hydrogen-bond donors (Lipinski definition) is 0. The van der Waals surface area contributed by atoms with Gasteiger partial charge in [-0.2, -0.15) is 0 Å². The van der Waals surface area contributed by atoms with Crippen LogP contribution in [0.1, 0.15) is 79.3 Å². The molecule has 36 heavy (non-hydrogen) atoms. The maximum atomic E-state index is 13.8. The Morgan fingerprint density at radius 2 is 1.25 bits per heavy atom. The van der Waals surface area contributed by atoms with Crippen LogP contribution >= 0.6 is 0 Å². The molecule has 0 radical (unpaired) electrons. The van der Waals surface area contributed by atoms with Crippen molar-refractivity contribution in [2.75, 3.05) is 26.2 Å². The first-order chi connectivity index (χ1) is 16.8. The average molecular weight is 502 g/mol. The number of likely N-dealkylation sites (tertiary alicyclic amines) is 2. The SMILES string of the molecule is CC(C)(C)OC(=O)N1CCC(n2c(=O)n(C3CCN(C(=O)OC(C)(C)C)CC3)c3ncccc32)CC1. The molecule has 2 saturated heterocycles. The summed E-state index contributed by atoms with van der Waals surface area (Å²) in [4.78, 5) is 46.7. The normalized spacial score (nSPS) is 18.5. The molecule has 198 valence electrons. The molecule has 0 atom stereocenters. The number of hydrogen-bond acceptors (Lipinski definition) is 6. The number of imidazole rings is 1. The van der Waals surface area contributed by atoms with E-state index in [0.29, 0.717) is 57.5 Å². The van der Waals surface area contributed by atoms with E-state index in [9.17, 15) is 14.4 Å². The minimum absolute atomic E-state index is 0.0222. The summed E-state index contributed by atoms with van der Waals surface area (Å²) in [5.74, 6) is 0. The van der Waals surface area contributed by atoms with Gasteiger partial charge in [0.25, 0.3) is 0 Å². The van der Waals surface area contributed by atoms with Crippen molar-refractivity contribution in [2.24, 2.45) is 0 Å². The van der Waals surface area contributed by atoms with E-state index < -0.39 is 11.2 Å². The first-order valence-electron chi connectivity index (χ1n) is 12.9. The zero-order chi connectivity index (χ0) is 26.3. The number of nitrogens with zero attached hydrogens (tertiary/aromatic N) is 5. The molecule has 2 aromatic heterocycles. The van der Waals surface area contributed by atoms with Crippen molar-refractivity contribution in [3.63, 3.8) is 0 Å². The molecule has 2 fully saturated rings. The van der Waals surface area contributed by atoms with Crippen LogP contribution in [-0.2, 0) is 9.47 Å². The summed E-state index contributed by atoms with van der Waals surface area (Å²) in [7, 11) is 0. The molecular formula is C26H39N5O5. The van der Waals surface area contributed by atoms with Crippen LogP contribution in [0.3, 0.4) is 0 Å². The summed E-state index contributed by atoms with van der Waals surface area (Å²) in [5.41, 5.74) is 0.334. The molecule has 0 unspecified atom stereocenters. The van der Waals surface area contributed by atoms with Crippen LogP contribution < -0.4 is 5.69 Å². The molecule has 0 aromatic carbocycles. The van der Waals surface area contributed by atoms with E-state index in [1.807, 2.05) is 62.8 Å². The second-order valence-corrected chi connectivity index (χ2v) is 11.8. The van der Waals surface area contributed by atoms with E-state index >= 15 is 0 Å². The van der Waals surface area contributed by atoms with Crippen molar-refractivity contribution >= 4 is 23.4 Å². The standard InChI is InChI=1S/C26H39N5O5/c1-25(2,3)35-23(33)28-14-9-18(10-15-28)30-20-8-7-13-27-21(20)31(22(30)32)19-11-16-29(17-12-19)24(34)36-26(4,5)6/h7-8,13,18-19H,9-12,14-17H2,1-6H3. The van der Waals surface area contributed by atoms with Crippen LogP contribution in [0.2, 0.25) is 0 Å². The number of pyridine rings is 1. The third-order valence-corrected chi connectivity index (χ3v) is 6.63. The van der Waals surface area contributed by atoms with Crippen LogP contribution in [0.15, 0.2) is 23.1 Å². The topological polar surface area (TPSA) is 98.9 Å². The van der Waals surface area contributed by atoms with Crippen LogP contribution in [-0.4, -0.2) is 73.5 Å². The molecule has 2 aliphatic rings. The van der Waals surface area contributed by atoms with E-state index in [1.54, 1.807) is 16.0 Å². The lowest BCUT2D eigenvalue weighted by atomic mass is 10.0. The second kappa shape index (κ2) is 9.78. The Labute approximate surface area is 212 Å². The zero-order valence-corrected chi connectivity index (χ0v) is 22.3. The minimum Gasteiger partial charge on any atom is -0.444 e. The van der Waals surface area contributed by atoms with E-state index in [4.69, 9.17) is 9.47 Å². The Kier molecular flexibility index (Phi) is 7.07. The molecule has 2 aliphatic heterocycles. The molecule has 4 heterocycles. The number of aromatic nitrogens is 3. The number of rotatable bonds is 2. The van der Waals surface area contributed by atoms with Crippen molar-refractivity contribution in [3.8, 4) is 0 Å². The number of amides is 2. The van der Waals surface area contributed by atoms with Crippen LogP contribution in [0, 0.1) is 0 Å². The molecule has 2 amide bonds. The molecule has 2 aromatic rings. The molecule has 0 saturated carbocycles. The lowest BCUT2D eigenvalue weighted by molar-refractivity contribution is 0.0183. The summed E-state index contributed by atoms with van der Waals surface area (Å²) in [6.45, 7) is 13.3. The molecule has 10 heteroatoms. The van der Waals surface area contributed by atoms with Crippen molar-refractivity contribution in [1.82, 2.24) is 23.9 Å². The van der Waals surface area contributed by atoms with Crippen LogP contribution in [0.25, 0.3) is 11.2 Å². The number of carbonyl (C=O) groups is 2. The summed E-state index contributed by atoms with van der Waals surface area (Å²) < 4.78 is 14.7. The summed E-state index contributed by atoms with van der Waals surface area (Å²) in [6.07, 6.45) is 3.75.